The van der Waals surface area contributed by atoms with Gasteiger partial charge in [-0.2, -0.15) is 0 Å². The minimum absolute atomic E-state index is 0.504. The molecule has 0 radical (unpaired) electrons. The highest BCUT2D eigenvalue weighted by Crippen LogP contribution is 1.95. The predicted octanol–water partition coefficient (Wildman–Crippen LogP) is 1.54. The highest BCUT2D eigenvalue weighted by Gasteiger charge is 1.89. The van der Waals surface area contributed by atoms with E-state index < -0.39 is 0 Å². The lowest BCUT2D eigenvalue weighted by Gasteiger charge is -2.08. The van der Waals surface area contributed by atoms with Gasteiger partial charge < -0.3 is 15.4 Å². The number of nitrogens with two attached hydrogens (primary N) is 1. The second-order valence-electron chi connectivity index (χ2n) is 3.51. The van der Waals surface area contributed by atoms with Crippen LogP contribution in [0.3, 0.4) is 0 Å². The Hall–Kier alpha value is -1.06. The summed E-state index contributed by atoms with van der Waals surface area (Å²) in [5.41, 5.74) is 6.52. The van der Waals surface area contributed by atoms with Gasteiger partial charge in [0.15, 0.2) is 0 Å². The third-order valence-corrected chi connectivity index (χ3v) is 1.81. The van der Waals surface area contributed by atoms with E-state index in [2.05, 4.69) is 25.6 Å². The lowest BCUT2D eigenvalue weighted by molar-refractivity contribution is 0.228. The van der Waals surface area contributed by atoms with E-state index in [0.29, 0.717) is 6.54 Å². The maximum Gasteiger partial charge on any atom is 0.0885 e. The molecule has 15 heavy (non-hydrogen) atoms. The maximum absolute atomic E-state index is 5.51. The van der Waals surface area contributed by atoms with Gasteiger partial charge in [-0.05, 0) is 32.2 Å². The van der Waals surface area contributed by atoms with E-state index in [-0.39, 0.29) is 0 Å². The van der Waals surface area contributed by atoms with E-state index in [1.165, 1.54) is 0 Å². The molecule has 0 aromatic rings. The molecule has 0 aliphatic heterocycles. The maximum atomic E-state index is 5.51. The summed E-state index contributed by atoms with van der Waals surface area (Å²) in [7, 11) is 4.10. The molecule has 0 aromatic heterocycles. The highest BCUT2D eigenvalue weighted by molar-refractivity contribution is 5.22. The first-order chi connectivity index (χ1) is 7.20. The number of allylic oxidation sites excluding steroid dienone is 2. The summed E-state index contributed by atoms with van der Waals surface area (Å²) < 4.78 is 5.32. The monoisotopic (exact) mass is 210 g/mol. The average Bonchev–Trinajstić information content (AvgIpc) is 2.21. The van der Waals surface area contributed by atoms with Crippen LogP contribution in [-0.2, 0) is 4.74 Å². The first-order valence-corrected chi connectivity index (χ1v) is 5.15. The normalized spacial score (nSPS) is 12.4. The fourth-order valence-corrected chi connectivity index (χ4v) is 1.01. The molecule has 0 spiro atoms. The van der Waals surface area contributed by atoms with Gasteiger partial charge in [0, 0.05) is 13.1 Å². The molecule has 2 N–H and O–H groups in total. The van der Waals surface area contributed by atoms with Gasteiger partial charge in [0.2, 0.25) is 0 Å². The van der Waals surface area contributed by atoms with Crippen LogP contribution < -0.4 is 5.73 Å². The number of hydrogen-bond acceptors (Lipinski definition) is 3. The number of nitrogens with zero attached hydrogens (tertiary/aromatic N) is 1. The Bertz CT molecular complexity index is 220. The van der Waals surface area contributed by atoms with Gasteiger partial charge in [0.05, 0.1) is 12.9 Å². The first-order valence-electron chi connectivity index (χ1n) is 5.15. The van der Waals surface area contributed by atoms with Gasteiger partial charge in [-0.3, -0.25) is 0 Å². The van der Waals surface area contributed by atoms with Crippen LogP contribution in [0.25, 0.3) is 0 Å². The minimum atomic E-state index is 0.504. The molecule has 0 aliphatic rings. The number of hydrogen-bond donors (Lipinski definition) is 1. The zero-order valence-corrected chi connectivity index (χ0v) is 9.78. The van der Waals surface area contributed by atoms with Crippen molar-refractivity contribution in [1.82, 2.24) is 4.90 Å². The summed E-state index contributed by atoms with van der Waals surface area (Å²) in [5, 5.41) is 0. The zero-order valence-electron chi connectivity index (χ0n) is 9.78. The minimum Gasteiger partial charge on any atom is -0.501 e. The van der Waals surface area contributed by atoms with Crippen molar-refractivity contribution < 1.29 is 4.74 Å². The molecule has 0 fully saturated rings. The molecule has 0 unspecified atom stereocenters. The van der Waals surface area contributed by atoms with Crippen LogP contribution in [0.15, 0.2) is 36.6 Å². The van der Waals surface area contributed by atoms with E-state index in [1.807, 2.05) is 12.2 Å². The molecule has 0 aliphatic carbocycles. The fraction of sp³-hybridized carbons (Fsp3) is 0.500. The molecule has 3 nitrogen and oxygen atoms in total. The van der Waals surface area contributed by atoms with Crippen LogP contribution in [0, 0.1) is 0 Å². The summed E-state index contributed by atoms with van der Waals surface area (Å²) >= 11 is 0. The van der Waals surface area contributed by atoms with Crippen LogP contribution in [-0.4, -0.2) is 38.7 Å². The number of ether oxygens (including phenoxy) is 1. The average molecular weight is 210 g/mol. The molecule has 3 heteroatoms. The Morgan fingerprint density at radius 2 is 2.20 bits per heavy atom. The zero-order chi connectivity index (χ0) is 11.5. The van der Waals surface area contributed by atoms with Gasteiger partial charge >= 0.3 is 0 Å². The van der Waals surface area contributed by atoms with Crippen molar-refractivity contribution in [1.29, 1.82) is 0 Å². The lowest BCUT2D eigenvalue weighted by Crippen LogP contribution is -2.14. The molecule has 0 atom stereocenters. The molecule has 86 valence electrons. The SMILES string of the molecule is C=C/C=C(\C=C/OCCCN(C)C)CN. The summed E-state index contributed by atoms with van der Waals surface area (Å²) in [6.45, 7) is 5.90. The Morgan fingerprint density at radius 1 is 1.47 bits per heavy atom. The van der Waals surface area contributed by atoms with Crippen LogP contribution >= 0.6 is 0 Å². The largest absolute Gasteiger partial charge is 0.501 e. The van der Waals surface area contributed by atoms with Gasteiger partial charge in [0.25, 0.3) is 0 Å². The molecule has 0 bridgehead atoms. The highest BCUT2D eigenvalue weighted by atomic mass is 16.5. The molecule has 0 saturated carbocycles. The van der Waals surface area contributed by atoms with E-state index in [0.717, 1.165) is 25.1 Å². The Balaban J connectivity index is 3.61. The van der Waals surface area contributed by atoms with Crippen molar-refractivity contribution in [3.63, 3.8) is 0 Å². The van der Waals surface area contributed by atoms with Crippen LogP contribution in [0.2, 0.25) is 0 Å². The lowest BCUT2D eigenvalue weighted by atomic mass is 10.2. The van der Waals surface area contributed by atoms with Crippen molar-refractivity contribution in [3.05, 3.63) is 36.6 Å². The quantitative estimate of drug-likeness (QED) is 0.375. The molecular weight excluding hydrogens is 188 g/mol. The van der Waals surface area contributed by atoms with Crippen molar-refractivity contribution in [2.45, 2.75) is 6.42 Å². The fourth-order valence-electron chi connectivity index (χ4n) is 1.01. The molecule has 0 amide bonds. The van der Waals surface area contributed by atoms with Gasteiger partial charge in [-0.15, -0.1) is 0 Å². The van der Waals surface area contributed by atoms with E-state index >= 15 is 0 Å². The Labute approximate surface area is 92.9 Å². The molecule has 0 heterocycles. The summed E-state index contributed by atoms with van der Waals surface area (Å²) in [5.74, 6) is 0. The van der Waals surface area contributed by atoms with Crippen LogP contribution in [0.1, 0.15) is 6.42 Å². The van der Waals surface area contributed by atoms with E-state index in [1.54, 1.807) is 12.3 Å². The van der Waals surface area contributed by atoms with Gasteiger partial charge in [0.1, 0.15) is 0 Å². The Kier molecular flexibility index (Phi) is 8.82. The van der Waals surface area contributed by atoms with E-state index in [9.17, 15) is 0 Å². The van der Waals surface area contributed by atoms with Crippen molar-refractivity contribution >= 4 is 0 Å². The Morgan fingerprint density at radius 3 is 2.73 bits per heavy atom. The van der Waals surface area contributed by atoms with Crippen LogP contribution in [0.5, 0.6) is 0 Å². The summed E-state index contributed by atoms with van der Waals surface area (Å²) in [6, 6.07) is 0. The van der Waals surface area contributed by atoms with Crippen molar-refractivity contribution in [3.8, 4) is 0 Å². The van der Waals surface area contributed by atoms with E-state index in [4.69, 9.17) is 10.5 Å². The molecule has 0 rings (SSSR count). The van der Waals surface area contributed by atoms with Crippen molar-refractivity contribution in [2.24, 2.45) is 5.73 Å². The third kappa shape index (κ3) is 9.25. The first kappa shape index (κ1) is 13.9. The number of rotatable bonds is 8. The second-order valence-corrected chi connectivity index (χ2v) is 3.51. The summed E-state index contributed by atoms with van der Waals surface area (Å²) in [4.78, 5) is 2.13. The summed E-state index contributed by atoms with van der Waals surface area (Å²) in [6.07, 6.45) is 8.19. The predicted molar refractivity (Wildman–Crippen MR) is 65.6 cm³/mol. The second kappa shape index (κ2) is 9.49. The van der Waals surface area contributed by atoms with Crippen molar-refractivity contribution in [2.75, 3.05) is 33.8 Å². The van der Waals surface area contributed by atoms with Gasteiger partial charge in [-0.25, -0.2) is 0 Å². The topological polar surface area (TPSA) is 38.5 Å². The third-order valence-electron chi connectivity index (χ3n) is 1.81. The smallest absolute Gasteiger partial charge is 0.0885 e. The van der Waals surface area contributed by atoms with Gasteiger partial charge in [-0.1, -0.05) is 18.7 Å². The standard InChI is InChI=1S/C12H22N2O/c1-4-6-12(11-13)7-10-15-9-5-8-14(2)3/h4,6-7,10H,1,5,8-9,11,13H2,2-3H3/b10-7-,12-6+. The molecule has 0 saturated heterocycles. The molecule has 0 aromatic carbocycles. The molecular formula is C12H22N2O. The van der Waals surface area contributed by atoms with Crippen LogP contribution in [0.4, 0.5) is 0 Å².